The highest BCUT2D eigenvalue weighted by atomic mass is 16.4. The lowest BCUT2D eigenvalue weighted by molar-refractivity contribution is -0.139. The van der Waals surface area contributed by atoms with Crippen molar-refractivity contribution < 1.29 is 14.7 Å². The minimum Gasteiger partial charge on any atom is -0.481 e. The molecule has 0 saturated heterocycles. The summed E-state index contributed by atoms with van der Waals surface area (Å²) in [5.74, 6) is -0.692. The standard InChI is InChI=1S/C18H23NO3/c1-19(16(20)11-18(8-9-18)12-17(21)22)15-7-6-13-4-2-3-5-14(13)10-15/h2-5,15H,6-12H2,1H3,(H,21,22). The molecule has 2 aliphatic rings. The Morgan fingerprint density at radius 3 is 2.55 bits per heavy atom. The molecule has 0 bridgehead atoms. The van der Waals surface area contributed by atoms with Gasteiger partial charge >= 0.3 is 5.97 Å². The quantitative estimate of drug-likeness (QED) is 0.909. The van der Waals surface area contributed by atoms with E-state index in [1.54, 1.807) is 0 Å². The molecule has 1 atom stereocenters. The monoisotopic (exact) mass is 301 g/mol. The van der Waals surface area contributed by atoms with Gasteiger partial charge in [0.25, 0.3) is 0 Å². The molecule has 2 aliphatic carbocycles. The molecule has 0 spiro atoms. The van der Waals surface area contributed by atoms with Crippen LogP contribution in [0.5, 0.6) is 0 Å². The molecule has 1 N–H and O–H groups in total. The number of carbonyl (C=O) groups is 2. The van der Waals surface area contributed by atoms with Crippen LogP contribution in [0.3, 0.4) is 0 Å². The van der Waals surface area contributed by atoms with Crippen molar-refractivity contribution in [2.75, 3.05) is 7.05 Å². The average molecular weight is 301 g/mol. The molecular formula is C18H23NO3. The maximum atomic E-state index is 12.5. The molecule has 4 heteroatoms. The van der Waals surface area contributed by atoms with Crippen LogP contribution in [0.15, 0.2) is 24.3 Å². The van der Waals surface area contributed by atoms with Crippen molar-refractivity contribution in [3.8, 4) is 0 Å². The molecule has 3 rings (SSSR count). The van der Waals surface area contributed by atoms with Crippen molar-refractivity contribution in [1.29, 1.82) is 0 Å². The van der Waals surface area contributed by atoms with Crippen molar-refractivity contribution in [3.63, 3.8) is 0 Å². The summed E-state index contributed by atoms with van der Waals surface area (Å²) in [4.78, 5) is 25.3. The molecule has 0 radical (unpaired) electrons. The number of hydrogen-bond acceptors (Lipinski definition) is 2. The Morgan fingerprint density at radius 1 is 1.23 bits per heavy atom. The third kappa shape index (κ3) is 3.16. The second kappa shape index (κ2) is 5.75. The van der Waals surface area contributed by atoms with Gasteiger partial charge in [0, 0.05) is 19.5 Å². The third-order valence-electron chi connectivity index (χ3n) is 5.27. The number of hydrogen-bond donors (Lipinski definition) is 1. The lowest BCUT2D eigenvalue weighted by atomic mass is 9.87. The van der Waals surface area contributed by atoms with Crippen molar-refractivity contribution in [3.05, 3.63) is 35.4 Å². The van der Waals surface area contributed by atoms with E-state index in [1.807, 2.05) is 11.9 Å². The SMILES string of the molecule is CN(C(=O)CC1(CC(=O)O)CC1)C1CCc2ccccc2C1. The lowest BCUT2D eigenvalue weighted by Gasteiger charge is -2.33. The van der Waals surface area contributed by atoms with Crippen LogP contribution in [-0.2, 0) is 22.4 Å². The Balaban J connectivity index is 1.61. The Hall–Kier alpha value is -1.84. The van der Waals surface area contributed by atoms with E-state index in [4.69, 9.17) is 5.11 Å². The predicted molar refractivity (Wildman–Crippen MR) is 83.6 cm³/mol. The van der Waals surface area contributed by atoms with Crippen LogP contribution in [0.1, 0.15) is 43.2 Å². The third-order valence-corrected chi connectivity index (χ3v) is 5.27. The van der Waals surface area contributed by atoms with Crippen molar-refractivity contribution in [2.45, 2.75) is 51.0 Å². The Bertz CT molecular complexity index is 592. The molecule has 1 amide bonds. The Labute approximate surface area is 131 Å². The van der Waals surface area contributed by atoms with Crippen LogP contribution in [0.2, 0.25) is 0 Å². The number of aryl methyl sites for hydroxylation is 1. The van der Waals surface area contributed by atoms with Gasteiger partial charge in [-0.3, -0.25) is 9.59 Å². The normalized spacial score (nSPS) is 21.8. The van der Waals surface area contributed by atoms with Crippen LogP contribution >= 0.6 is 0 Å². The van der Waals surface area contributed by atoms with Crippen LogP contribution in [0.25, 0.3) is 0 Å². The lowest BCUT2D eigenvalue weighted by Crippen LogP contribution is -2.41. The van der Waals surface area contributed by atoms with Gasteiger partial charge in [-0.05, 0) is 48.6 Å². The fraction of sp³-hybridized carbons (Fsp3) is 0.556. The summed E-state index contributed by atoms with van der Waals surface area (Å²) >= 11 is 0. The van der Waals surface area contributed by atoms with Crippen LogP contribution in [-0.4, -0.2) is 35.0 Å². The van der Waals surface area contributed by atoms with Gasteiger partial charge in [0.15, 0.2) is 0 Å². The first kappa shape index (κ1) is 15.1. The first-order valence-corrected chi connectivity index (χ1v) is 8.03. The molecule has 4 nitrogen and oxygen atoms in total. The zero-order valence-corrected chi connectivity index (χ0v) is 13.0. The van der Waals surface area contributed by atoms with E-state index in [9.17, 15) is 9.59 Å². The zero-order chi connectivity index (χ0) is 15.7. The van der Waals surface area contributed by atoms with Gasteiger partial charge in [-0.2, -0.15) is 0 Å². The highest BCUT2D eigenvalue weighted by Crippen LogP contribution is 2.52. The molecule has 0 aliphatic heterocycles. The minimum atomic E-state index is -0.792. The highest BCUT2D eigenvalue weighted by Gasteiger charge is 2.46. The van der Waals surface area contributed by atoms with Gasteiger partial charge in [0.05, 0.1) is 6.42 Å². The number of likely N-dealkylation sites (N-methyl/N-ethyl adjacent to an activating group) is 1. The molecule has 22 heavy (non-hydrogen) atoms. The van der Waals surface area contributed by atoms with Gasteiger partial charge in [-0.1, -0.05) is 24.3 Å². The zero-order valence-electron chi connectivity index (χ0n) is 13.0. The first-order chi connectivity index (χ1) is 10.5. The summed E-state index contributed by atoms with van der Waals surface area (Å²) in [6, 6.07) is 8.67. The largest absolute Gasteiger partial charge is 0.481 e. The van der Waals surface area contributed by atoms with E-state index in [2.05, 4.69) is 24.3 Å². The second-order valence-electron chi connectivity index (χ2n) is 6.92. The van der Waals surface area contributed by atoms with Gasteiger partial charge in [0.2, 0.25) is 5.91 Å². The summed E-state index contributed by atoms with van der Waals surface area (Å²) in [6.07, 6.45) is 5.15. The average Bonchev–Trinajstić information content (AvgIpc) is 3.24. The maximum Gasteiger partial charge on any atom is 0.303 e. The number of carboxylic acid groups (broad SMARTS) is 1. The fourth-order valence-corrected chi connectivity index (χ4v) is 3.57. The van der Waals surface area contributed by atoms with E-state index in [0.29, 0.717) is 6.42 Å². The summed E-state index contributed by atoms with van der Waals surface area (Å²) in [5.41, 5.74) is 2.47. The van der Waals surface area contributed by atoms with Crippen LogP contribution in [0, 0.1) is 5.41 Å². The van der Waals surface area contributed by atoms with Crippen LogP contribution < -0.4 is 0 Å². The summed E-state index contributed by atoms with van der Waals surface area (Å²) in [7, 11) is 1.87. The van der Waals surface area contributed by atoms with E-state index in [-0.39, 0.29) is 23.8 Å². The molecule has 0 heterocycles. The number of benzene rings is 1. The van der Waals surface area contributed by atoms with Gasteiger partial charge < -0.3 is 10.0 Å². The Kier molecular flexibility index (Phi) is 3.94. The number of carboxylic acids is 1. The maximum absolute atomic E-state index is 12.5. The number of aliphatic carboxylic acids is 1. The van der Waals surface area contributed by atoms with Gasteiger partial charge in [-0.25, -0.2) is 0 Å². The van der Waals surface area contributed by atoms with Gasteiger partial charge in [-0.15, -0.1) is 0 Å². The smallest absolute Gasteiger partial charge is 0.303 e. The molecule has 118 valence electrons. The molecule has 1 unspecified atom stereocenters. The van der Waals surface area contributed by atoms with E-state index in [1.165, 1.54) is 11.1 Å². The molecular weight excluding hydrogens is 278 g/mol. The van der Waals surface area contributed by atoms with E-state index < -0.39 is 5.97 Å². The van der Waals surface area contributed by atoms with Crippen molar-refractivity contribution in [2.24, 2.45) is 5.41 Å². The molecule has 1 saturated carbocycles. The van der Waals surface area contributed by atoms with Gasteiger partial charge in [0.1, 0.15) is 0 Å². The summed E-state index contributed by atoms with van der Waals surface area (Å²) < 4.78 is 0. The predicted octanol–water partition coefficient (Wildman–Crippen LogP) is 2.65. The van der Waals surface area contributed by atoms with E-state index >= 15 is 0 Å². The second-order valence-corrected chi connectivity index (χ2v) is 6.92. The number of amides is 1. The topological polar surface area (TPSA) is 57.6 Å². The van der Waals surface area contributed by atoms with Crippen molar-refractivity contribution >= 4 is 11.9 Å². The van der Waals surface area contributed by atoms with E-state index in [0.717, 1.165) is 32.1 Å². The number of fused-ring (bicyclic) bond motifs is 1. The van der Waals surface area contributed by atoms with Crippen molar-refractivity contribution in [1.82, 2.24) is 4.90 Å². The summed E-state index contributed by atoms with van der Waals surface area (Å²) in [5, 5.41) is 8.97. The number of nitrogens with zero attached hydrogens (tertiary/aromatic N) is 1. The number of rotatable bonds is 5. The highest BCUT2D eigenvalue weighted by molar-refractivity contribution is 5.79. The Morgan fingerprint density at radius 2 is 1.91 bits per heavy atom. The summed E-state index contributed by atoms with van der Waals surface area (Å²) in [6.45, 7) is 0. The molecule has 0 aromatic heterocycles. The first-order valence-electron chi connectivity index (χ1n) is 8.03. The molecule has 1 aromatic carbocycles. The molecule has 1 aromatic rings. The fourth-order valence-electron chi connectivity index (χ4n) is 3.57. The number of carbonyl (C=O) groups excluding carboxylic acids is 1. The van der Waals surface area contributed by atoms with Crippen LogP contribution in [0.4, 0.5) is 0 Å². The molecule has 1 fully saturated rings. The minimum absolute atomic E-state index is 0.100.